The SMILES string of the molecule is CC1Oc2ccccc2N(CCC(=O)N2CCN3CCCCC3C2)C1=O. The second-order valence-electron chi connectivity index (χ2n) is 7.49. The van der Waals surface area contributed by atoms with E-state index in [9.17, 15) is 9.59 Å². The van der Waals surface area contributed by atoms with Gasteiger partial charge in [0.1, 0.15) is 5.75 Å². The van der Waals surface area contributed by atoms with Crippen molar-refractivity contribution in [2.45, 2.75) is 44.8 Å². The summed E-state index contributed by atoms with van der Waals surface area (Å²) in [5.74, 6) is 0.788. The number of hydrogen-bond donors (Lipinski definition) is 0. The summed E-state index contributed by atoms with van der Waals surface area (Å²) in [7, 11) is 0. The molecule has 26 heavy (non-hydrogen) atoms. The maximum absolute atomic E-state index is 12.8. The van der Waals surface area contributed by atoms with Gasteiger partial charge in [0.15, 0.2) is 6.10 Å². The van der Waals surface area contributed by atoms with Crippen LogP contribution in [-0.4, -0.2) is 66.5 Å². The van der Waals surface area contributed by atoms with Gasteiger partial charge in [-0.1, -0.05) is 18.6 Å². The number of benzene rings is 1. The minimum atomic E-state index is -0.509. The van der Waals surface area contributed by atoms with Gasteiger partial charge in [0.2, 0.25) is 5.91 Å². The Labute approximate surface area is 154 Å². The minimum absolute atomic E-state index is 0.0754. The van der Waals surface area contributed by atoms with Crippen molar-refractivity contribution >= 4 is 17.5 Å². The van der Waals surface area contributed by atoms with Crippen molar-refractivity contribution in [3.05, 3.63) is 24.3 Å². The molecule has 140 valence electrons. The van der Waals surface area contributed by atoms with E-state index in [2.05, 4.69) is 4.90 Å². The van der Waals surface area contributed by atoms with Crippen LogP contribution in [0.2, 0.25) is 0 Å². The lowest BCUT2D eigenvalue weighted by molar-refractivity contribution is -0.134. The third kappa shape index (κ3) is 3.30. The van der Waals surface area contributed by atoms with Crippen LogP contribution < -0.4 is 9.64 Å². The number of fused-ring (bicyclic) bond motifs is 2. The summed E-state index contributed by atoms with van der Waals surface area (Å²) in [6.45, 7) is 5.96. The van der Waals surface area contributed by atoms with E-state index in [1.807, 2.05) is 29.2 Å². The Morgan fingerprint density at radius 1 is 1.19 bits per heavy atom. The highest BCUT2D eigenvalue weighted by Gasteiger charge is 2.33. The molecule has 0 N–H and O–H groups in total. The third-order valence-electron chi connectivity index (χ3n) is 5.81. The van der Waals surface area contributed by atoms with Gasteiger partial charge in [0.05, 0.1) is 5.69 Å². The smallest absolute Gasteiger partial charge is 0.267 e. The molecular weight excluding hydrogens is 330 g/mol. The molecule has 0 radical (unpaired) electrons. The topological polar surface area (TPSA) is 53.1 Å². The maximum atomic E-state index is 12.8. The summed E-state index contributed by atoms with van der Waals surface area (Å²) in [4.78, 5) is 31.5. The number of amides is 2. The number of piperazine rings is 1. The van der Waals surface area contributed by atoms with Crippen LogP contribution in [-0.2, 0) is 9.59 Å². The van der Waals surface area contributed by atoms with Gasteiger partial charge < -0.3 is 14.5 Å². The number of nitrogens with zero attached hydrogens (tertiary/aromatic N) is 3. The van der Waals surface area contributed by atoms with E-state index in [0.717, 1.165) is 25.3 Å². The van der Waals surface area contributed by atoms with Crippen molar-refractivity contribution in [2.24, 2.45) is 0 Å². The lowest BCUT2D eigenvalue weighted by Crippen LogP contribution is -2.56. The van der Waals surface area contributed by atoms with Crippen molar-refractivity contribution in [2.75, 3.05) is 37.6 Å². The molecule has 6 heteroatoms. The molecule has 2 unspecified atom stereocenters. The van der Waals surface area contributed by atoms with E-state index in [1.165, 1.54) is 25.8 Å². The zero-order chi connectivity index (χ0) is 18.1. The Bertz CT molecular complexity index is 693. The predicted octanol–water partition coefficient (Wildman–Crippen LogP) is 1.89. The molecule has 2 fully saturated rings. The van der Waals surface area contributed by atoms with E-state index in [1.54, 1.807) is 11.8 Å². The maximum Gasteiger partial charge on any atom is 0.267 e. The van der Waals surface area contributed by atoms with Gasteiger partial charge >= 0.3 is 0 Å². The third-order valence-corrected chi connectivity index (χ3v) is 5.81. The highest BCUT2D eigenvalue weighted by Crippen LogP contribution is 2.33. The highest BCUT2D eigenvalue weighted by atomic mass is 16.5. The van der Waals surface area contributed by atoms with Crippen LogP contribution in [0.25, 0.3) is 0 Å². The molecule has 3 aliphatic heterocycles. The monoisotopic (exact) mass is 357 g/mol. The molecule has 0 aliphatic carbocycles. The van der Waals surface area contributed by atoms with Crippen LogP contribution in [0.3, 0.4) is 0 Å². The molecule has 1 aromatic rings. The summed E-state index contributed by atoms with van der Waals surface area (Å²) in [6.07, 6.45) is 3.59. The first kappa shape index (κ1) is 17.3. The molecule has 0 bridgehead atoms. The van der Waals surface area contributed by atoms with E-state index < -0.39 is 6.10 Å². The van der Waals surface area contributed by atoms with Crippen molar-refractivity contribution in [3.63, 3.8) is 0 Å². The van der Waals surface area contributed by atoms with Gasteiger partial charge in [0, 0.05) is 38.6 Å². The summed E-state index contributed by atoms with van der Waals surface area (Å²) < 4.78 is 5.66. The van der Waals surface area contributed by atoms with Crippen LogP contribution in [0.1, 0.15) is 32.6 Å². The van der Waals surface area contributed by atoms with Crippen molar-refractivity contribution < 1.29 is 14.3 Å². The van der Waals surface area contributed by atoms with Crippen LogP contribution in [0.4, 0.5) is 5.69 Å². The molecule has 3 aliphatic rings. The van der Waals surface area contributed by atoms with Gasteiger partial charge in [-0.3, -0.25) is 14.5 Å². The molecule has 0 aromatic heterocycles. The molecule has 2 atom stereocenters. The van der Waals surface area contributed by atoms with Crippen LogP contribution in [0.5, 0.6) is 5.75 Å². The number of carbonyl (C=O) groups is 2. The Balaban J connectivity index is 1.39. The number of carbonyl (C=O) groups excluding carboxylic acids is 2. The number of ether oxygens (including phenoxy) is 1. The van der Waals surface area contributed by atoms with Crippen molar-refractivity contribution in [1.29, 1.82) is 0 Å². The summed E-state index contributed by atoms with van der Waals surface area (Å²) in [5.41, 5.74) is 0.764. The van der Waals surface area contributed by atoms with E-state index >= 15 is 0 Å². The number of anilines is 1. The zero-order valence-corrected chi connectivity index (χ0v) is 15.4. The summed E-state index contributed by atoms with van der Waals surface area (Å²) in [5, 5.41) is 0. The first-order valence-corrected chi connectivity index (χ1v) is 9.72. The lowest BCUT2D eigenvalue weighted by Gasteiger charge is -2.44. The Morgan fingerprint density at radius 2 is 2.04 bits per heavy atom. The second kappa shape index (κ2) is 7.27. The van der Waals surface area contributed by atoms with E-state index in [0.29, 0.717) is 24.8 Å². The molecule has 0 spiro atoms. The zero-order valence-electron chi connectivity index (χ0n) is 15.4. The number of para-hydroxylation sites is 2. The first-order chi connectivity index (χ1) is 12.6. The standard InChI is InChI=1S/C20H27N3O3/c1-15-20(25)23(17-7-2-3-8-18(17)26-15)11-9-19(24)22-13-12-21-10-5-4-6-16(21)14-22/h2-3,7-8,15-16H,4-6,9-14H2,1H3. The molecule has 4 rings (SSSR count). The summed E-state index contributed by atoms with van der Waals surface area (Å²) >= 11 is 0. The molecule has 6 nitrogen and oxygen atoms in total. The fourth-order valence-corrected chi connectivity index (χ4v) is 4.34. The van der Waals surface area contributed by atoms with Gasteiger partial charge in [-0.25, -0.2) is 0 Å². The van der Waals surface area contributed by atoms with Crippen molar-refractivity contribution in [3.8, 4) is 5.75 Å². The largest absolute Gasteiger partial charge is 0.479 e. The normalized spacial score (nSPS) is 26.1. The summed E-state index contributed by atoms with van der Waals surface area (Å²) in [6, 6.07) is 8.06. The molecular formula is C20H27N3O3. The van der Waals surface area contributed by atoms with Gasteiger partial charge in [-0.05, 0) is 38.4 Å². The fraction of sp³-hybridized carbons (Fsp3) is 0.600. The quantitative estimate of drug-likeness (QED) is 0.829. The molecule has 2 saturated heterocycles. The highest BCUT2D eigenvalue weighted by molar-refractivity contribution is 6.00. The number of rotatable bonds is 3. The number of hydrogen-bond acceptors (Lipinski definition) is 4. The number of piperidine rings is 1. The van der Waals surface area contributed by atoms with E-state index in [4.69, 9.17) is 4.74 Å². The van der Waals surface area contributed by atoms with Crippen molar-refractivity contribution in [1.82, 2.24) is 9.80 Å². The van der Waals surface area contributed by atoms with E-state index in [-0.39, 0.29) is 11.8 Å². The minimum Gasteiger partial charge on any atom is -0.479 e. The van der Waals surface area contributed by atoms with Gasteiger partial charge in [-0.15, -0.1) is 0 Å². The molecule has 1 aromatic carbocycles. The van der Waals surface area contributed by atoms with Crippen LogP contribution in [0.15, 0.2) is 24.3 Å². The van der Waals surface area contributed by atoms with Crippen LogP contribution >= 0.6 is 0 Å². The fourth-order valence-electron chi connectivity index (χ4n) is 4.34. The Morgan fingerprint density at radius 3 is 2.92 bits per heavy atom. The van der Waals surface area contributed by atoms with Gasteiger partial charge in [-0.2, -0.15) is 0 Å². The van der Waals surface area contributed by atoms with Crippen LogP contribution in [0, 0.1) is 0 Å². The average molecular weight is 357 g/mol. The molecule has 2 amide bonds. The second-order valence-corrected chi connectivity index (χ2v) is 7.49. The predicted molar refractivity (Wildman–Crippen MR) is 99.3 cm³/mol. The molecule has 0 saturated carbocycles. The average Bonchev–Trinajstić information content (AvgIpc) is 2.67. The first-order valence-electron chi connectivity index (χ1n) is 9.72. The lowest BCUT2D eigenvalue weighted by atomic mass is 9.99. The Kier molecular flexibility index (Phi) is 4.85. The van der Waals surface area contributed by atoms with Gasteiger partial charge in [0.25, 0.3) is 5.91 Å². The molecule has 3 heterocycles. The Hall–Kier alpha value is -2.08.